The molecule has 1 aliphatic heterocycles. The molecule has 2 unspecified atom stereocenters. The normalized spacial score (nSPS) is 19.5. The van der Waals surface area contributed by atoms with E-state index < -0.39 is 0 Å². The van der Waals surface area contributed by atoms with Gasteiger partial charge in [0.15, 0.2) is 0 Å². The molecule has 0 radical (unpaired) electrons. The lowest BCUT2D eigenvalue weighted by Crippen LogP contribution is -2.29. The highest BCUT2D eigenvalue weighted by atomic mass is 35.5. The van der Waals surface area contributed by atoms with E-state index in [2.05, 4.69) is 65.8 Å². The quantitative estimate of drug-likeness (QED) is 0.213. The van der Waals surface area contributed by atoms with E-state index in [4.69, 9.17) is 21.3 Å². The second-order valence-electron chi connectivity index (χ2n) is 11.4. The molecular formula is C36H39ClN4O2S. The van der Waals surface area contributed by atoms with Crippen LogP contribution in [-0.2, 0) is 17.6 Å². The summed E-state index contributed by atoms with van der Waals surface area (Å²) in [7, 11) is 1.67. The van der Waals surface area contributed by atoms with Gasteiger partial charge in [0.1, 0.15) is 11.8 Å². The zero-order valence-corrected chi connectivity index (χ0v) is 27.6. The zero-order valence-electron chi connectivity index (χ0n) is 26.0. The first-order valence-corrected chi connectivity index (χ1v) is 16.3. The topological polar surface area (TPSA) is 75.4 Å². The number of hydrogen-bond donors (Lipinski definition) is 1. The van der Waals surface area contributed by atoms with Crippen LogP contribution in [0.5, 0.6) is 5.75 Å². The number of nitrogens with zero attached hydrogens (tertiary/aromatic N) is 3. The number of fused-ring (bicyclic) bond motifs is 2. The number of halogens is 1. The number of aliphatic imine (C=N–C) groups is 1. The molecule has 4 aromatic rings. The fraction of sp³-hybridized carbons (Fsp3) is 0.333. The molecule has 0 aliphatic carbocycles. The van der Waals surface area contributed by atoms with Crippen LogP contribution < -0.4 is 10.1 Å². The SMILES string of the molecule is CCC1Cc2ccc(OC)cc2C(c2ccc(Cl)cc2)N=C(CC(=O)NCCc2cc3ccc(C)cc3s2)/C(C)=N\N=C\1C. The van der Waals surface area contributed by atoms with E-state index in [0.717, 1.165) is 47.4 Å². The molecule has 0 spiro atoms. The Morgan fingerprint density at radius 2 is 1.82 bits per heavy atom. The average molecular weight is 627 g/mol. The second kappa shape index (κ2) is 14.3. The van der Waals surface area contributed by atoms with Gasteiger partial charge in [-0.3, -0.25) is 9.79 Å². The first kappa shape index (κ1) is 31.6. The minimum absolute atomic E-state index is 0.0934. The molecule has 1 N–H and O–H groups in total. The molecule has 1 aliphatic rings. The molecule has 1 amide bonds. The number of benzene rings is 3. The standard InChI is InChI=1S/C36H39ClN4O2S/c1-6-25-18-27-11-14-30(43-5)20-32(27)36(26-9-12-29(37)13-10-26)39-33(24(4)41-40-23(25)3)21-35(42)38-16-15-31-19-28-8-7-22(2)17-34(28)44-31/h7-14,17,19-20,25,36H,6,15-16,18,21H2,1-5H3,(H,38,42)/b39-33?,40-23+,41-24-. The molecule has 5 rings (SSSR count). The van der Waals surface area contributed by atoms with Gasteiger partial charge in [-0.2, -0.15) is 10.2 Å². The van der Waals surface area contributed by atoms with Crippen LogP contribution in [-0.4, -0.2) is 36.7 Å². The van der Waals surface area contributed by atoms with Crippen LogP contribution in [0.1, 0.15) is 66.8 Å². The summed E-state index contributed by atoms with van der Waals surface area (Å²) >= 11 is 8.06. The summed E-state index contributed by atoms with van der Waals surface area (Å²) in [5.41, 5.74) is 6.60. The van der Waals surface area contributed by atoms with E-state index in [-0.39, 0.29) is 24.3 Å². The summed E-state index contributed by atoms with van der Waals surface area (Å²) in [6.07, 6.45) is 2.59. The zero-order chi connectivity index (χ0) is 31.2. The lowest BCUT2D eigenvalue weighted by molar-refractivity contribution is -0.119. The lowest BCUT2D eigenvalue weighted by Gasteiger charge is -2.22. The van der Waals surface area contributed by atoms with Crippen LogP contribution in [0.3, 0.4) is 0 Å². The van der Waals surface area contributed by atoms with Gasteiger partial charge in [0.05, 0.1) is 25.0 Å². The molecule has 44 heavy (non-hydrogen) atoms. The Morgan fingerprint density at radius 1 is 1.02 bits per heavy atom. The fourth-order valence-electron chi connectivity index (χ4n) is 5.53. The number of ether oxygens (including phenoxy) is 1. The van der Waals surface area contributed by atoms with Crippen molar-refractivity contribution >= 4 is 56.1 Å². The summed E-state index contributed by atoms with van der Waals surface area (Å²) in [6, 6.07) is 22.2. The van der Waals surface area contributed by atoms with Gasteiger partial charge >= 0.3 is 0 Å². The van der Waals surface area contributed by atoms with Crippen molar-refractivity contribution in [1.29, 1.82) is 0 Å². The van der Waals surface area contributed by atoms with Crippen molar-refractivity contribution in [2.24, 2.45) is 21.1 Å². The number of aryl methyl sites for hydroxylation is 1. The van der Waals surface area contributed by atoms with E-state index in [1.54, 1.807) is 18.4 Å². The Labute approximate surface area is 268 Å². The van der Waals surface area contributed by atoms with Crippen LogP contribution in [0.4, 0.5) is 0 Å². The number of hydrogen-bond acceptors (Lipinski definition) is 6. The number of methoxy groups -OCH3 is 1. The third-order valence-corrected chi connectivity index (χ3v) is 9.60. The number of thiophene rings is 1. The van der Waals surface area contributed by atoms with Crippen molar-refractivity contribution in [1.82, 2.24) is 5.32 Å². The van der Waals surface area contributed by atoms with Crippen molar-refractivity contribution in [2.45, 2.75) is 59.4 Å². The third-order valence-electron chi connectivity index (χ3n) is 8.19. The largest absolute Gasteiger partial charge is 0.497 e. The molecule has 0 fully saturated rings. The molecule has 2 heterocycles. The van der Waals surface area contributed by atoms with E-state index >= 15 is 0 Å². The van der Waals surface area contributed by atoms with Gasteiger partial charge in [-0.25, -0.2) is 0 Å². The summed E-state index contributed by atoms with van der Waals surface area (Å²) in [6.45, 7) is 8.74. The average Bonchev–Trinajstić information content (AvgIpc) is 3.42. The minimum atomic E-state index is -0.386. The molecule has 1 aromatic heterocycles. The van der Waals surface area contributed by atoms with Crippen LogP contribution in [0, 0.1) is 12.8 Å². The summed E-state index contributed by atoms with van der Waals surface area (Å²) in [5, 5.41) is 14.2. The Hall–Kier alpha value is -3.81. The molecule has 3 aromatic carbocycles. The monoisotopic (exact) mass is 626 g/mol. The molecule has 0 bridgehead atoms. The Morgan fingerprint density at radius 3 is 2.57 bits per heavy atom. The van der Waals surface area contributed by atoms with E-state index in [0.29, 0.717) is 23.0 Å². The minimum Gasteiger partial charge on any atom is -0.497 e. The van der Waals surface area contributed by atoms with Gasteiger partial charge in [-0.05, 0) is 104 Å². The first-order chi connectivity index (χ1) is 21.2. The van der Waals surface area contributed by atoms with Crippen molar-refractivity contribution in [3.63, 3.8) is 0 Å². The first-order valence-electron chi connectivity index (χ1n) is 15.1. The van der Waals surface area contributed by atoms with Gasteiger partial charge in [0, 0.05) is 32.8 Å². The predicted molar refractivity (Wildman–Crippen MR) is 185 cm³/mol. The molecular weight excluding hydrogens is 588 g/mol. The predicted octanol–water partition coefficient (Wildman–Crippen LogP) is 8.57. The molecule has 0 saturated heterocycles. The van der Waals surface area contributed by atoms with E-state index in [9.17, 15) is 4.79 Å². The number of amides is 1. The van der Waals surface area contributed by atoms with Crippen molar-refractivity contribution in [3.05, 3.63) is 98.9 Å². The molecule has 8 heteroatoms. The van der Waals surface area contributed by atoms with Crippen molar-refractivity contribution in [2.75, 3.05) is 13.7 Å². The van der Waals surface area contributed by atoms with Crippen LogP contribution >= 0.6 is 22.9 Å². The summed E-state index contributed by atoms with van der Waals surface area (Å²) in [5.74, 6) is 0.873. The second-order valence-corrected chi connectivity index (χ2v) is 13.0. The highest BCUT2D eigenvalue weighted by Crippen LogP contribution is 2.35. The molecule has 228 valence electrons. The molecule has 2 atom stereocenters. The highest BCUT2D eigenvalue weighted by Gasteiger charge is 2.24. The maximum absolute atomic E-state index is 13.4. The van der Waals surface area contributed by atoms with Crippen molar-refractivity contribution < 1.29 is 9.53 Å². The van der Waals surface area contributed by atoms with Crippen LogP contribution in [0.15, 0.2) is 81.9 Å². The van der Waals surface area contributed by atoms with Gasteiger partial charge in [-0.1, -0.05) is 48.9 Å². The van der Waals surface area contributed by atoms with Gasteiger partial charge < -0.3 is 10.1 Å². The van der Waals surface area contributed by atoms with E-state index in [1.807, 2.05) is 44.2 Å². The Balaban J connectivity index is 1.48. The number of rotatable bonds is 8. The number of carbonyl (C=O) groups is 1. The van der Waals surface area contributed by atoms with Crippen molar-refractivity contribution in [3.8, 4) is 5.75 Å². The van der Waals surface area contributed by atoms with Gasteiger partial charge in [0.25, 0.3) is 0 Å². The maximum Gasteiger partial charge on any atom is 0.226 e. The van der Waals surface area contributed by atoms with Crippen LogP contribution in [0.2, 0.25) is 5.02 Å². The third kappa shape index (κ3) is 7.63. The van der Waals surface area contributed by atoms with Gasteiger partial charge in [-0.15, -0.1) is 11.3 Å². The van der Waals surface area contributed by atoms with Crippen LogP contribution in [0.25, 0.3) is 10.1 Å². The summed E-state index contributed by atoms with van der Waals surface area (Å²) < 4.78 is 6.92. The highest BCUT2D eigenvalue weighted by molar-refractivity contribution is 7.19. The lowest BCUT2D eigenvalue weighted by atomic mass is 9.87. The maximum atomic E-state index is 13.4. The Kier molecular flexibility index (Phi) is 10.3. The molecule has 0 saturated carbocycles. The Bertz CT molecular complexity index is 1740. The summed E-state index contributed by atoms with van der Waals surface area (Å²) in [4.78, 5) is 19.9. The fourth-order valence-corrected chi connectivity index (χ4v) is 6.82. The number of nitrogens with one attached hydrogen (secondary N) is 1. The van der Waals surface area contributed by atoms with E-state index in [1.165, 1.54) is 20.5 Å². The molecule has 6 nitrogen and oxygen atoms in total. The number of carbonyl (C=O) groups excluding carboxylic acids is 1. The smallest absolute Gasteiger partial charge is 0.226 e. The van der Waals surface area contributed by atoms with Gasteiger partial charge in [0.2, 0.25) is 5.91 Å².